The third-order valence-electron chi connectivity index (χ3n) is 0.882. The second-order valence-electron chi connectivity index (χ2n) is 1.59. The number of nitrogens with zero attached hydrogens (tertiary/aromatic N) is 3. The minimum absolute atomic E-state index is 0.666. The summed E-state index contributed by atoms with van der Waals surface area (Å²) in [6.45, 7) is 1.41. The second kappa shape index (κ2) is 4.13. The quantitative estimate of drug-likeness (QED) is 0.628. The highest BCUT2D eigenvalue weighted by molar-refractivity contribution is 7.09. The van der Waals surface area contributed by atoms with Gasteiger partial charge in [-0.1, -0.05) is 9.59 Å². The van der Waals surface area contributed by atoms with Gasteiger partial charge in [0.05, 0.1) is 6.61 Å². The molecule has 0 aromatic carbocycles. The van der Waals surface area contributed by atoms with Gasteiger partial charge in [0, 0.05) is 25.2 Å². The van der Waals surface area contributed by atoms with Crippen LogP contribution in [0.2, 0.25) is 0 Å². The van der Waals surface area contributed by atoms with E-state index in [2.05, 4.69) is 20.1 Å². The molecule has 0 spiro atoms. The minimum atomic E-state index is 0.666. The minimum Gasteiger partial charge on any atom is -0.383 e. The predicted molar refractivity (Wildman–Crippen MR) is 38.1 cm³/mol. The molecule has 0 amide bonds. The maximum absolute atomic E-state index is 4.81. The van der Waals surface area contributed by atoms with E-state index < -0.39 is 0 Å². The molecule has 0 aliphatic heterocycles. The summed E-state index contributed by atoms with van der Waals surface area (Å²) in [5, 5.41) is 10.8. The van der Waals surface area contributed by atoms with Crippen molar-refractivity contribution in [2.24, 2.45) is 0 Å². The zero-order chi connectivity index (χ0) is 7.23. The van der Waals surface area contributed by atoms with Gasteiger partial charge in [-0.3, -0.25) is 0 Å². The van der Waals surface area contributed by atoms with Gasteiger partial charge in [-0.15, -0.1) is 0 Å². The second-order valence-corrected chi connectivity index (χ2v) is 2.32. The lowest BCUT2D eigenvalue weighted by atomic mass is 10.7. The number of nitrogens with one attached hydrogen (secondary N) is 1. The lowest BCUT2D eigenvalue weighted by Gasteiger charge is -1.97. The van der Waals surface area contributed by atoms with Gasteiger partial charge in [-0.2, -0.15) is 0 Å². The van der Waals surface area contributed by atoms with Crippen LogP contribution in [0.3, 0.4) is 0 Å². The molecule has 0 fully saturated rings. The molecule has 10 heavy (non-hydrogen) atoms. The average Bonchev–Trinajstić information content (AvgIpc) is 2.41. The fourth-order valence-corrected chi connectivity index (χ4v) is 0.852. The maximum Gasteiger partial charge on any atom is 0.225 e. The molecule has 0 saturated carbocycles. The first-order chi connectivity index (χ1) is 4.93. The third-order valence-corrected chi connectivity index (χ3v) is 1.44. The monoisotopic (exact) mass is 160 g/mol. The van der Waals surface area contributed by atoms with E-state index in [-0.39, 0.29) is 0 Å². The lowest BCUT2D eigenvalue weighted by Crippen LogP contribution is -2.06. The summed E-state index contributed by atoms with van der Waals surface area (Å²) in [6, 6.07) is 0. The Hall–Kier alpha value is -0.750. The molecule has 1 heterocycles. The van der Waals surface area contributed by atoms with Crippen molar-refractivity contribution < 1.29 is 4.74 Å². The standard InChI is InChI=1S/C4H8N4OS/c1-9-3-2-5-4-6-7-8-10-4/h2-3H2,1H3,(H,5,6,8). The van der Waals surface area contributed by atoms with Crippen LogP contribution < -0.4 is 5.32 Å². The van der Waals surface area contributed by atoms with E-state index in [9.17, 15) is 0 Å². The Labute approximate surface area is 62.6 Å². The van der Waals surface area contributed by atoms with Crippen molar-refractivity contribution in [3.8, 4) is 0 Å². The van der Waals surface area contributed by atoms with Gasteiger partial charge in [0.15, 0.2) is 0 Å². The van der Waals surface area contributed by atoms with E-state index in [0.717, 1.165) is 11.7 Å². The molecule has 0 radical (unpaired) electrons. The average molecular weight is 160 g/mol. The highest BCUT2D eigenvalue weighted by atomic mass is 32.1. The van der Waals surface area contributed by atoms with Crippen LogP contribution in [-0.2, 0) is 4.74 Å². The van der Waals surface area contributed by atoms with E-state index in [1.165, 1.54) is 11.5 Å². The van der Waals surface area contributed by atoms with Gasteiger partial charge >= 0.3 is 0 Å². The largest absolute Gasteiger partial charge is 0.383 e. The molecule has 1 aromatic heterocycles. The Bertz CT molecular complexity index is 166. The van der Waals surface area contributed by atoms with E-state index in [0.29, 0.717) is 6.61 Å². The number of rotatable bonds is 4. The van der Waals surface area contributed by atoms with Gasteiger partial charge in [-0.05, 0) is 5.21 Å². The van der Waals surface area contributed by atoms with Gasteiger partial charge in [0.25, 0.3) is 0 Å². The van der Waals surface area contributed by atoms with Crippen LogP contribution in [-0.4, -0.2) is 35.1 Å². The SMILES string of the molecule is COCCNc1nnns1. The zero-order valence-electron chi connectivity index (χ0n) is 5.57. The zero-order valence-corrected chi connectivity index (χ0v) is 6.39. The molecular formula is C4H8N4OS. The summed E-state index contributed by atoms with van der Waals surface area (Å²) >= 11 is 1.23. The first kappa shape index (κ1) is 7.36. The van der Waals surface area contributed by atoms with E-state index in [1.807, 2.05) is 0 Å². The maximum atomic E-state index is 4.81. The van der Waals surface area contributed by atoms with Crippen molar-refractivity contribution in [3.05, 3.63) is 0 Å². The molecular weight excluding hydrogens is 152 g/mol. The van der Waals surface area contributed by atoms with Gasteiger partial charge in [0.1, 0.15) is 0 Å². The van der Waals surface area contributed by atoms with Gasteiger partial charge in [0.2, 0.25) is 5.13 Å². The molecule has 1 aromatic rings. The topological polar surface area (TPSA) is 59.9 Å². The molecule has 1 N–H and O–H groups in total. The first-order valence-electron chi connectivity index (χ1n) is 2.81. The molecule has 6 heteroatoms. The number of ether oxygens (including phenoxy) is 1. The molecule has 0 aliphatic rings. The Morgan fingerprint density at radius 1 is 1.70 bits per heavy atom. The van der Waals surface area contributed by atoms with Crippen molar-refractivity contribution in [1.29, 1.82) is 0 Å². The Kier molecular flexibility index (Phi) is 3.04. The van der Waals surface area contributed by atoms with Crippen molar-refractivity contribution in [1.82, 2.24) is 14.8 Å². The Morgan fingerprint density at radius 2 is 2.60 bits per heavy atom. The summed E-state index contributed by atoms with van der Waals surface area (Å²) in [4.78, 5) is 0. The first-order valence-corrected chi connectivity index (χ1v) is 3.58. The summed E-state index contributed by atoms with van der Waals surface area (Å²) < 4.78 is 8.39. The number of anilines is 1. The molecule has 0 saturated heterocycles. The van der Waals surface area contributed by atoms with Crippen LogP contribution in [0, 0.1) is 0 Å². The van der Waals surface area contributed by atoms with Crippen LogP contribution in [0.15, 0.2) is 0 Å². The van der Waals surface area contributed by atoms with Crippen LogP contribution in [0.5, 0.6) is 0 Å². The number of hydrogen-bond donors (Lipinski definition) is 1. The molecule has 0 aliphatic carbocycles. The highest BCUT2D eigenvalue weighted by Crippen LogP contribution is 2.02. The molecule has 1 rings (SSSR count). The summed E-state index contributed by atoms with van der Waals surface area (Å²) in [6.07, 6.45) is 0. The normalized spacial score (nSPS) is 9.70. The van der Waals surface area contributed by atoms with Crippen molar-refractivity contribution in [2.75, 3.05) is 25.6 Å². The lowest BCUT2D eigenvalue weighted by molar-refractivity contribution is 0.211. The predicted octanol–water partition coefficient (Wildman–Crippen LogP) is -0.00860. The van der Waals surface area contributed by atoms with Gasteiger partial charge < -0.3 is 10.1 Å². The van der Waals surface area contributed by atoms with Crippen molar-refractivity contribution in [2.45, 2.75) is 0 Å². The highest BCUT2D eigenvalue weighted by Gasteiger charge is 1.93. The Balaban J connectivity index is 2.15. The summed E-state index contributed by atoms with van der Waals surface area (Å²) in [7, 11) is 1.65. The number of hydrogen-bond acceptors (Lipinski definition) is 6. The Morgan fingerprint density at radius 3 is 3.20 bits per heavy atom. The third kappa shape index (κ3) is 2.24. The summed E-state index contributed by atoms with van der Waals surface area (Å²) in [5.41, 5.74) is 0. The fourth-order valence-electron chi connectivity index (χ4n) is 0.462. The number of methoxy groups -OCH3 is 1. The van der Waals surface area contributed by atoms with E-state index >= 15 is 0 Å². The smallest absolute Gasteiger partial charge is 0.225 e. The van der Waals surface area contributed by atoms with Crippen LogP contribution in [0.4, 0.5) is 5.13 Å². The number of aromatic nitrogens is 3. The molecule has 5 nitrogen and oxygen atoms in total. The van der Waals surface area contributed by atoms with Gasteiger partial charge in [-0.25, -0.2) is 0 Å². The van der Waals surface area contributed by atoms with E-state index in [4.69, 9.17) is 4.74 Å². The van der Waals surface area contributed by atoms with Crippen LogP contribution >= 0.6 is 11.5 Å². The van der Waals surface area contributed by atoms with Crippen molar-refractivity contribution in [3.63, 3.8) is 0 Å². The fraction of sp³-hybridized carbons (Fsp3) is 0.750. The van der Waals surface area contributed by atoms with Crippen LogP contribution in [0.1, 0.15) is 0 Å². The molecule has 0 bridgehead atoms. The summed E-state index contributed by atoms with van der Waals surface area (Å²) in [5.74, 6) is 0. The van der Waals surface area contributed by atoms with E-state index in [1.54, 1.807) is 7.11 Å². The van der Waals surface area contributed by atoms with Crippen LogP contribution in [0.25, 0.3) is 0 Å². The molecule has 0 atom stereocenters. The van der Waals surface area contributed by atoms with Crippen molar-refractivity contribution >= 4 is 16.7 Å². The molecule has 0 unspecified atom stereocenters. The molecule has 56 valence electrons.